The van der Waals surface area contributed by atoms with Crippen molar-refractivity contribution >= 4 is 0 Å². The van der Waals surface area contributed by atoms with E-state index >= 15 is 0 Å². The summed E-state index contributed by atoms with van der Waals surface area (Å²) in [5.41, 5.74) is 9.04. The van der Waals surface area contributed by atoms with Gasteiger partial charge in [0, 0.05) is 25.0 Å². The molecule has 1 aromatic rings. The molecule has 2 N–H and O–H groups in total. The Labute approximate surface area is 121 Å². The van der Waals surface area contributed by atoms with Crippen molar-refractivity contribution in [2.24, 2.45) is 11.7 Å². The molecule has 1 aliphatic carbocycles. The van der Waals surface area contributed by atoms with E-state index in [1.807, 2.05) is 12.4 Å². The molecule has 2 aliphatic rings. The molecule has 3 nitrogen and oxygen atoms in total. The summed E-state index contributed by atoms with van der Waals surface area (Å²) in [6, 6.07) is 2.28. The maximum absolute atomic E-state index is 6.53. The Morgan fingerprint density at radius 1 is 1.30 bits per heavy atom. The molecule has 2 atom stereocenters. The zero-order valence-electron chi connectivity index (χ0n) is 12.5. The smallest absolute Gasteiger partial charge is 0.0685 e. The first-order valence-corrected chi connectivity index (χ1v) is 8.00. The quantitative estimate of drug-likeness (QED) is 0.897. The number of ether oxygens (including phenoxy) is 1. The first-order valence-electron chi connectivity index (χ1n) is 8.00. The lowest BCUT2D eigenvalue weighted by Crippen LogP contribution is -2.44. The van der Waals surface area contributed by atoms with Gasteiger partial charge in [-0.1, -0.05) is 25.3 Å². The Kier molecular flexibility index (Phi) is 4.08. The lowest BCUT2D eigenvalue weighted by Gasteiger charge is -2.45. The van der Waals surface area contributed by atoms with E-state index in [1.165, 1.54) is 43.2 Å². The highest BCUT2D eigenvalue weighted by molar-refractivity contribution is 5.20. The van der Waals surface area contributed by atoms with Gasteiger partial charge in [0.2, 0.25) is 0 Å². The molecule has 1 aliphatic heterocycles. The van der Waals surface area contributed by atoms with Crippen molar-refractivity contribution in [3.8, 4) is 0 Å². The monoisotopic (exact) mass is 274 g/mol. The average Bonchev–Trinajstić information content (AvgIpc) is 2.47. The van der Waals surface area contributed by atoms with Crippen LogP contribution in [0.5, 0.6) is 0 Å². The van der Waals surface area contributed by atoms with Crippen LogP contribution in [0, 0.1) is 12.8 Å². The van der Waals surface area contributed by atoms with Gasteiger partial charge < -0.3 is 10.5 Å². The minimum absolute atomic E-state index is 0.102. The summed E-state index contributed by atoms with van der Waals surface area (Å²) in [7, 11) is 0. The van der Waals surface area contributed by atoms with E-state index in [1.54, 1.807) is 0 Å². The third-order valence-corrected chi connectivity index (χ3v) is 5.08. The van der Waals surface area contributed by atoms with Crippen LogP contribution in [0.25, 0.3) is 0 Å². The van der Waals surface area contributed by atoms with Crippen LogP contribution in [0.1, 0.15) is 62.1 Å². The Morgan fingerprint density at radius 2 is 2.10 bits per heavy atom. The molecule has 0 radical (unpaired) electrons. The maximum Gasteiger partial charge on any atom is 0.0685 e. The summed E-state index contributed by atoms with van der Waals surface area (Å²) >= 11 is 0. The second-order valence-corrected chi connectivity index (χ2v) is 6.67. The minimum Gasteiger partial charge on any atom is -0.375 e. The van der Waals surface area contributed by atoms with Crippen molar-refractivity contribution < 1.29 is 4.74 Å². The van der Waals surface area contributed by atoms with E-state index in [-0.39, 0.29) is 11.6 Å². The van der Waals surface area contributed by atoms with Gasteiger partial charge in [0.05, 0.1) is 5.60 Å². The minimum atomic E-state index is 0.102. The van der Waals surface area contributed by atoms with E-state index in [9.17, 15) is 0 Å². The van der Waals surface area contributed by atoms with Crippen molar-refractivity contribution in [2.45, 2.75) is 63.5 Å². The van der Waals surface area contributed by atoms with Crippen LogP contribution < -0.4 is 5.73 Å². The van der Waals surface area contributed by atoms with Crippen molar-refractivity contribution in [3.05, 3.63) is 29.6 Å². The van der Waals surface area contributed by atoms with Crippen LogP contribution in [0.3, 0.4) is 0 Å². The van der Waals surface area contributed by atoms with Gasteiger partial charge in [-0.2, -0.15) is 0 Å². The summed E-state index contributed by atoms with van der Waals surface area (Å²) in [5.74, 6) is 0.533. The topological polar surface area (TPSA) is 48.1 Å². The molecule has 2 heterocycles. The first kappa shape index (κ1) is 14.0. The third-order valence-electron chi connectivity index (χ3n) is 5.08. The van der Waals surface area contributed by atoms with Crippen molar-refractivity contribution in [3.63, 3.8) is 0 Å². The van der Waals surface area contributed by atoms with Gasteiger partial charge in [-0.15, -0.1) is 0 Å². The van der Waals surface area contributed by atoms with Gasteiger partial charge in [-0.25, -0.2) is 0 Å². The molecule has 1 saturated carbocycles. The molecular formula is C17H26N2O. The SMILES string of the molecule is Cc1cncc(C(N)C2CCOC3(CCCCC3)C2)c1. The average molecular weight is 274 g/mol. The number of hydrogen-bond donors (Lipinski definition) is 1. The number of nitrogens with zero attached hydrogens (tertiary/aromatic N) is 1. The van der Waals surface area contributed by atoms with Gasteiger partial charge in [-0.3, -0.25) is 4.98 Å². The van der Waals surface area contributed by atoms with Gasteiger partial charge in [-0.05, 0) is 49.7 Å². The molecule has 110 valence electrons. The maximum atomic E-state index is 6.53. The van der Waals surface area contributed by atoms with Crippen LogP contribution in [-0.4, -0.2) is 17.2 Å². The van der Waals surface area contributed by atoms with Gasteiger partial charge in [0.15, 0.2) is 0 Å². The fraction of sp³-hybridized carbons (Fsp3) is 0.706. The van der Waals surface area contributed by atoms with Crippen molar-refractivity contribution in [1.82, 2.24) is 4.98 Å². The molecule has 0 bridgehead atoms. The normalized spacial score (nSPS) is 27.4. The van der Waals surface area contributed by atoms with Crippen LogP contribution >= 0.6 is 0 Å². The van der Waals surface area contributed by atoms with E-state index in [0.717, 1.165) is 19.4 Å². The number of pyridine rings is 1. The highest BCUT2D eigenvalue weighted by atomic mass is 16.5. The lowest BCUT2D eigenvalue weighted by molar-refractivity contribution is -0.120. The number of rotatable bonds is 2. The standard InChI is InChI=1S/C17H26N2O/c1-13-9-15(12-19-11-13)16(18)14-5-8-20-17(10-14)6-3-2-4-7-17/h9,11-12,14,16H,2-8,10,18H2,1H3. The van der Waals surface area contributed by atoms with Crippen LogP contribution in [0.4, 0.5) is 0 Å². The zero-order valence-corrected chi connectivity index (χ0v) is 12.5. The molecule has 1 spiro atoms. The molecule has 2 fully saturated rings. The lowest BCUT2D eigenvalue weighted by atomic mass is 9.73. The second kappa shape index (κ2) is 5.82. The summed E-state index contributed by atoms with van der Waals surface area (Å²) in [5, 5.41) is 0. The molecule has 0 aromatic carbocycles. The summed E-state index contributed by atoms with van der Waals surface area (Å²) in [6.45, 7) is 2.95. The van der Waals surface area contributed by atoms with Crippen LogP contribution in [0.2, 0.25) is 0 Å². The fourth-order valence-corrected chi connectivity index (χ4v) is 3.95. The highest BCUT2D eigenvalue weighted by Gasteiger charge is 2.40. The van der Waals surface area contributed by atoms with E-state index in [0.29, 0.717) is 5.92 Å². The highest BCUT2D eigenvalue weighted by Crippen LogP contribution is 2.43. The van der Waals surface area contributed by atoms with Crippen LogP contribution in [0.15, 0.2) is 18.5 Å². The van der Waals surface area contributed by atoms with Crippen LogP contribution in [-0.2, 0) is 4.74 Å². The molecule has 3 heteroatoms. The third kappa shape index (κ3) is 2.89. The Balaban J connectivity index is 1.73. The Morgan fingerprint density at radius 3 is 2.85 bits per heavy atom. The van der Waals surface area contributed by atoms with Gasteiger partial charge in [0.1, 0.15) is 0 Å². The fourth-order valence-electron chi connectivity index (χ4n) is 3.95. The number of nitrogens with two attached hydrogens (primary N) is 1. The van der Waals surface area contributed by atoms with Gasteiger partial charge in [0.25, 0.3) is 0 Å². The van der Waals surface area contributed by atoms with Gasteiger partial charge >= 0.3 is 0 Å². The summed E-state index contributed by atoms with van der Waals surface area (Å²) in [6.07, 6.45) is 12.5. The first-order chi connectivity index (χ1) is 9.69. The second-order valence-electron chi connectivity index (χ2n) is 6.67. The molecular weight excluding hydrogens is 248 g/mol. The molecule has 20 heavy (non-hydrogen) atoms. The number of aromatic nitrogens is 1. The van der Waals surface area contributed by atoms with E-state index < -0.39 is 0 Å². The number of aryl methyl sites for hydroxylation is 1. The Bertz CT molecular complexity index is 449. The van der Waals surface area contributed by atoms with E-state index in [2.05, 4.69) is 18.0 Å². The number of hydrogen-bond acceptors (Lipinski definition) is 3. The molecule has 3 rings (SSSR count). The van der Waals surface area contributed by atoms with E-state index in [4.69, 9.17) is 10.5 Å². The predicted octanol–water partition coefficient (Wildman–Crippen LogP) is 3.52. The summed E-state index contributed by atoms with van der Waals surface area (Å²) < 4.78 is 6.18. The Hall–Kier alpha value is -0.930. The summed E-state index contributed by atoms with van der Waals surface area (Å²) in [4.78, 5) is 4.29. The molecule has 1 saturated heterocycles. The molecule has 2 unspecified atom stereocenters. The zero-order chi connectivity index (χ0) is 14.0. The van der Waals surface area contributed by atoms with Crippen molar-refractivity contribution in [1.29, 1.82) is 0 Å². The predicted molar refractivity (Wildman–Crippen MR) is 80.4 cm³/mol. The molecule has 0 amide bonds. The van der Waals surface area contributed by atoms with Crippen molar-refractivity contribution in [2.75, 3.05) is 6.61 Å². The molecule has 1 aromatic heterocycles. The largest absolute Gasteiger partial charge is 0.375 e.